The molecule has 1 atom stereocenters. The van der Waals surface area contributed by atoms with E-state index < -0.39 is 6.04 Å². The summed E-state index contributed by atoms with van der Waals surface area (Å²) in [6.07, 6.45) is 0.0249. The van der Waals surface area contributed by atoms with Gasteiger partial charge in [-0.2, -0.15) is 0 Å². The van der Waals surface area contributed by atoms with Crippen LogP contribution in [0, 0.1) is 6.92 Å². The van der Waals surface area contributed by atoms with Crippen LogP contribution in [0.1, 0.15) is 18.9 Å². The molecule has 1 aliphatic heterocycles. The Hall–Kier alpha value is -3.06. The van der Waals surface area contributed by atoms with E-state index in [2.05, 4.69) is 10.6 Å². The maximum Gasteiger partial charge on any atom is 0.256 e. The molecule has 146 valence electrons. The second-order valence-electron chi connectivity index (χ2n) is 6.50. The van der Waals surface area contributed by atoms with Gasteiger partial charge in [-0.15, -0.1) is 0 Å². The number of halogens is 1. The number of methoxy groups -OCH3 is 1. The summed E-state index contributed by atoms with van der Waals surface area (Å²) in [6, 6.07) is 9.47. The molecule has 28 heavy (non-hydrogen) atoms. The molecule has 8 heteroatoms. The van der Waals surface area contributed by atoms with Gasteiger partial charge in [0.25, 0.3) is 5.91 Å². The molecule has 0 radical (unpaired) electrons. The van der Waals surface area contributed by atoms with Gasteiger partial charge in [-0.25, -0.2) is 4.90 Å². The minimum absolute atomic E-state index is 0.0249. The Morgan fingerprint density at radius 3 is 2.43 bits per heavy atom. The van der Waals surface area contributed by atoms with Gasteiger partial charge in [0.05, 0.1) is 19.2 Å². The molecular formula is C20H20ClN3O4. The van der Waals surface area contributed by atoms with Crippen LogP contribution in [-0.2, 0) is 14.4 Å². The average Bonchev–Trinajstić information content (AvgIpc) is 2.91. The molecule has 1 unspecified atom stereocenters. The van der Waals surface area contributed by atoms with Crippen molar-refractivity contribution in [2.45, 2.75) is 26.3 Å². The molecule has 7 nitrogen and oxygen atoms in total. The largest absolute Gasteiger partial charge is 0.495 e. The zero-order valence-electron chi connectivity index (χ0n) is 15.7. The van der Waals surface area contributed by atoms with Gasteiger partial charge in [-0.1, -0.05) is 11.6 Å². The smallest absolute Gasteiger partial charge is 0.256 e. The zero-order chi connectivity index (χ0) is 20.4. The molecule has 2 N–H and O–H groups in total. The van der Waals surface area contributed by atoms with Crippen LogP contribution in [0.2, 0.25) is 5.02 Å². The number of anilines is 3. The van der Waals surface area contributed by atoms with Crippen molar-refractivity contribution in [2.75, 3.05) is 22.6 Å². The lowest BCUT2D eigenvalue weighted by atomic mass is 10.2. The number of carbonyl (C=O) groups excluding carboxylic acids is 3. The molecule has 1 heterocycles. The summed E-state index contributed by atoms with van der Waals surface area (Å²) in [5.41, 5.74) is 2.43. The summed E-state index contributed by atoms with van der Waals surface area (Å²) in [7, 11) is 1.46. The normalized spacial score (nSPS) is 16.3. The van der Waals surface area contributed by atoms with E-state index in [9.17, 15) is 14.4 Å². The molecule has 1 aliphatic rings. The Labute approximate surface area is 167 Å². The van der Waals surface area contributed by atoms with Gasteiger partial charge >= 0.3 is 0 Å². The number of ether oxygens (including phenoxy) is 1. The van der Waals surface area contributed by atoms with Crippen molar-refractivity contribution in [1.29, 1.82) is 0 Å². The van der Waals surface area contributed by atoms with E-state index in [4.69, 9.17) is 16.3 Å². The van der Waals surface area contributed by atoms with Crippen LogP contribution in [0.3, 0.4) is 0 Å². The van der Waals surface area contributed by atoms with Crippen molar-refractivity contribution < 1.29 is 19.1 Å². The minimum Gasteiger partial charge on any atom is -0.495 e. The van der Waals surface area contributed by atoms with Crippen molar-refractivity contribution >= 4 is 46.4 Å². The second kappa shape index (κ2) is 7.90. The van der Waals surface area contributed by atoms with Crippen molar-refractivity contribution in [1.82, 2.24) is 0 Å². The lowest BCUT2D eigenvalue weighted by Gasteiger charge is -2.20. The molecule has 2 aromatic rings. The third-order valence-corrected chi connectivity index (χ3v) is 4.80. The van der Waals surface area contributed by atoms with Gasteiger partial charge in [-0.05, 0) is 42.8 Å². The molecule has 0 aromatic heterocycles. The van der Waals surface area contributed by atoms with E-state index in [1.165, 1.54) is 14.0 Å². The topological polar surface area (TPSA) is 87.7 Å². The molecular weight excluding hydrogens is 382 g/mol. The molecule has 3 amide bonds. The van der Waals surface area contributed by atoms with Gasteiger partial charge in [0.2, 0.25) is 11.8 Å². The van der Waals surface area contributed by atoms with Crippen LogP contribution in [0.4, 0.5) is 17.1 Å². The summed E-state index contributed by atoms with van der Waals surface area (Å²) in [5, 5.41) is 6.24. The van der Waals surface area contributed by atoms with Gasteiger partial charge in [0.15, 0.2) is 0 Å². The number of benzene rings is 2. The van der Waals surface area contributed by atoms with Crippen LogP contribution in [-0.4, -0.2) is 30.9 Å². The fourth-order valence-electron chi connectivity index (χ4n) is 3.04. The number of carbonyl (C=O) groups is 3. The first kappa shape index (κ1) is 19.7. The molecule has 0 saturated carbocycles. The Balaban J connectivity index is 1.81. The SMILES string of the molecule is COc1cc(Cl)c(C)cc1N1C(=O)CC(Nc2ccc(NC(C)=O)cc2)C1=O. The second-order valence-corrected chi connectivity index (χ2v) is 6.91. The Morgan fingerprint density at radius 2 is 1.82 bits per heavy atom. The zero-order valence-corrected chi connectivity index (χ0v) is 16.5. The summed E-state index contributed by atoms with van der Waals surface area (Å²) in [6.45, 7) is 3.22. The summed E-state index contributed by atoms with van der Waals surface area (Å²) < 4.78 is 5.30. The average molecular weight is 402 g/mol. The number of imide groups is 1. The van der Waals surface area contributed by atoms with Crippen LogP contribution in [0.25, 0.3) is 0 Å². The summed E-state index contributed by atoms with van der Waals surface area (Å²) in [4.78, 5) is 37.7. The van der Waals surface area contributed by atoms with Gasteiger partial charge in [0, 0.05) is 29.4 Å². The molecule has 0 spiro atoms. The lowest BCUT2D eigenvalue weighted by molar-refractivity contribution is -0.121. The van der Waals surface area contributed by atoms with Crippen LogP contribution in [0.15, 0.2) is 36.4 Å². The number of nitrogens with zero attached hydrogens (tertiary/aromatic N) is 1. The summed E-state index contributed by atoms with van der Waals surface area (Å²) >= 11 is 6.12. The Bertz CT molecular complexity index is 943. The predicted molar refractivity (Wildman–Crippen MR) is 108 cm³/mol. The number of nitrogens with one attached hydrogen (secondary N) is 2. The highest BCUT2D eigenvalue weighted by Crippen LogP contribution is 2.36. The molecule has 1 saturated heterocycles. The number of aryl methyl sites for hydroxylation is 1. The lowest BCUT2D eigenvalue weighted by Crippen LogP contribution is -2.35. The van der Waals surface area contributed by atoms with Gasteiger partial charge < -0.3 is 15.4 Å². The third kappa shape index (κ3) is 3.94. The van der Waals surface area contributed by atoms with Crippen molar-refractivity contribution in [3.63, 3.8) is 0 Å². The first-order valence-corrected chi connectivity index (χ1v) is 9.03. The first-order valence-electron chi connectivity index (χ1n) is 8.65. The van der Waals surface area contributed by atoms with Crippen molar-refractivity contribution in [2.24, 2.45) is 0 Å². The fraction of sp³-hybridized carbons (Fsp3) is 0.250. The van der Waals surface area contributed by atoms with E-state index >= 15 is 0 Å². The van der Waals surface area contributed by atoms with E-state index in [-0.39, 0.29) is 24.1 Å². The highest BCUT2D eigenvalue weighted by Gasteiger charge is 2.41. The third-order valence-electron chi connectivity index (χ3n) is 4.39. The predicted octanol–water partition coefficient (Wildman–Crippen LogP) is 3.36. The standard InChI is InChI=1S/C20H20ClN3O4/c1-11-8-17(18(28-3)9-15(11)21)24-19(26)10-16(20(24)27)23-14-6-4-13(5-7-14)22-12(2)25/h4-9,16,23H,10H2,1-3H3,(H,22,25). The van der Waals surface area contributed by atoms with Crippen LogP contribution in [0.5, 0.6) is 5.75 Å². The van der Waals surface area contributed by atoms with E-state index in [0.29, 0.717) is 27.8 Å². The molecule has 3 rings (SSSR count). The van der Waals surface area contributed by atoms with Crippen LogP contribution >= 0.6 is 11.6 Å². The molecule has 1 fully saturated rings. The Kier molecular flexibility index (Phi) is 5.56. The number of amides is 3. The fourth-order valence-corrected chi connectivity index (χ4v) is 3.19. The maximum absolute atomic E-state index is 12.9. The van der Waals surface area contributed by atoms with E-state index in [1.54, 1.807) is 43.3 Å². The van der Waals surface area contributed by atoms with E-state index in [1.807, 2.05) is 0 Å². The number of rotatable bonds is 5. The summed E-state index contributed by atoms with van der Waals surface area (Å²) in [5.74, 6) is -0.494. The monoisotopic (exact) mass is 401 g/mol. The van der Waals surface area contributed by atoms with Gasteiger partial charge in [-0.3, -0.25) is 14.4 Å². The van der Waals surface area contributed by atoms with E-state index in [0.717, 1.165) is 10.5 Å². The first-order chi connectivity index (χ1) is 13.3. The molecule has 0 aliphatic carbocycles. The number of hydrogen-bond donors (Lipinski definition) is 2. The molecule has 0 bridgehead atoms. The van der Waals surface area contributed by atoms with Gasteiger partial charge in [0.1, 0.15) is 11.8 Å². The minimum atomic E-state index is -0.695. The Morgan fingerprint density at radius 1 is 1.18 bits per heavy atom. The number of hydrogen-bond acceptors (Lipinski definition) is 5. The quantitative estimate of drug-likeness (QED) is 0.750. The molecule has 2 aromatic carbocycles. The maximum atomic E-state index is 12.9. The highest BCUT2D eigenvalue weighted by molar-refractivity contribution is 6.32. The van der Waals surface area contributed by atoms with Crippen molar-refractivity contribution in [3.05, 3.63) is 47.0 Å². The van der Waals surface area contributed by atoms with Crippen molar-refractivity contribution in [3.8, 4) is 5.75 Å². The highest BCUT2D eigenvalue weighted by atomic mass is 35.5. The van der Waals surface area contributed by atoms with Crippen LogP contribution < -0.4 is 20.3 Å².